The number of hydrogen-bond donors (Lipinski definition) is 3. The number of aliphatic hydroxyl groups excluding tert-OH is 2. The van der Waals surface area contributed by atoms with E-state index < -0.39 is 18.1 Å². The predicted octanol–water partition coefficient (Wildman–Crippen LogP) is 1.44. The molecule has 2 atom stereocenters. The Morgan fingerprint density at radius 1 is 0.952 bits per heavy atom. The number of amides is 1. The van der Waals surface area contributed by atoms with Crippen molar-refractivity contribution in [1.29, 1.82) is 0 Å². The van der Waals surface area contributed by atoms with Crippen LogP contribution in [0.1, 0.15) is 17.2 Å². The van der Waals surface area contributed by atoms with Crippen LogP contribution in [0.3, 0.4) is 0 Å². The van der Waals surface area contributed by atoms with Gasteiger partial charge in [-0.1, -0.05) is 60.7 Å². The lowest BCUT2D eigenvalue weighted by molar-refractivity contribution is -0.130. The summed E-state index contributed by atoms with van der Waals surface area (Å²) in [7, 11) is 0. The molecule has 2 aromatic carbocycles. The number of carbonyl (C=O) groups excluding carboxylic acids is 1. The number of hydrogen-bond acceptors (Lipinski definition) is 3. The summed E-state index contributed by atoms with van der Waals surface area (Å²) >= 11 is 0. The topological polar surface area (TPSA) is 69.6 Å². The lowest BCUT2D eigenvalue weighted by Gasteiger charge is -2.15. The first-order valence-corrected chi connectivity index (χ1v) is 6.89. The van der Waals surface area contributed by atoms with Crippen LogP contribution < -0.4 is 5.32 Å². The van der Waals surface area contributed by atoms with Crippen molar-refractivity contribution in [1.82, 2.24) is 5.32 Å². The smallest absolute Gasteiger partial charge is 0.253 e. The van der Waals surface area contributed by atoms with Gasteiger partial charge in [0.05, 0.1) is 6.10 Å². The zero-order valence-electron chi connectivity index (χ0n) is 11.6. The molecule has 0 aliphatic rings. The summed E-state index contributed by atoms with van der Waals surface area (Å²) in [6.45, 7) is 0.109. The molecule has 0 aromatic heterocycles. The van der Waals surface area contributed by atoms with Crippen LogP contribution in [0.2, 0.25) is 0 Å². The minimum atomic E-state index is -1.21. The van der Waals surface area contributed by atoms with E-state index in [0.29, 0.717) is 12.0 Å². The van der Waals surface area contributed by atoms with Gasteiger partial charge in [0.2, 0.25) is 0 Å². The van der Waals surface area contributed by atoms with Crippen LogP contribution in [-0.2, 0) is 11.2 Å². The fourth-order valence-corrected chi connectivity index (χ4v) is 2.06. The summed E-state index contributed by atoms with van der Waals surface area (Å²) < 4.78 is 0. The molecule has 0 spiro atoms. The van der Waals surface area contributed by atoms with Gasteiger partial charge in [-0.25, -0.2) is 0 Å². The Hall–Kier alpha value is -2.17. The monoisotopic (exact) mass is 285 g/mol. The second-order valence-corrected chi connectivity index (χ2v) is 4.90. The standard InChI is InChI=1S/C17H19NO3/c19-15(11-13-7-3-1-4-8-13)12-18-17(21)16(20)14-9-5-2-6-10-14/h1-10,15-16,19-20H,11-12H2,(H,18,21)/t15-,16-/m0/s1. The summed E-state index contributed by atoms with van der Waals surface area (Å²) in [5.74, 6) is -0.506. The third-order valence-corrected chi connectivity index (χ3v) is 3.19. The first-order valence-electron chi connectivity index (χ1n) is 6.89. The molecule has 0 saturated carbocycles. The SMILES string of the molecule is O=C(NC[C@@H](O)Cc1ccccc1)[C@@H](O)c1ccccc1. The molecule has 4 nitrogen and oxygen atoms in total. The Labute approximate surface area is 124 Å². The number of nitrogens with one attached hydrogen (secondary N) is 1. The van der Waals surface area contributed by atoms with Gasteiger partial charge in [0.1, 0.15) is 0 Å². The zero-order valence-corrected chi connectivity index (χ0v) is 11.6. The number of rotatable bonds is 6. The second kappa shape index (κ2) is 7.57. The van der Waals surface area contributed by atoms with E-state index in [2.05, 4.69) is 5.32 Å². The lowest BCUT2D eigenvalue weighted by atomic mass is 10.1. The Balaban J connectivity index is 1.81. The molecule has 2 rings (SSSR count). The molecule has 21 heavy (non-hydrogen) atoms. The van der Waals surface area contributed by atoms with Crippen molar-refractivity contribution in [2.75, 3.05) is 6.54 Å². The largest absolute Gasteiger partial charge is 0.391 e. The first kappa shape index (κ1) is 15.2. The minimum Gasteiger partial charge on any atom is -0.391 e. The molecule has 0 unspecified atom stereocenters. The van der Waals surface area contributed by atoms with Crippen LogP contribution in [0.4, 0.5) is 0 Å². The van der Waals surface area contributed by atoms with E-state index in [1.807, 2.05) is 36.4 Å². The maximum absolute atomic E-state index is 11.8. The van der Waals surface area contributed by atoms with E-state index in [1.54, 1.807) is 24.3 Å². The van der Waals surface area contributed by atoms with E-state index >= 15 is 0 Å². The van der Waals surface area contributed by atoms with E-state index in [-0.39, 0.29) is 6.54 Å². The molecule has 4 heteroatoms. The van der Waals surface area contributed by atoms with Crippen molar-refractivity contribution in [2.45, 2.75) is 18.6 Å². The van der Waals surface area contributed by atoms with E-state index in [0.717, 1.165) is 5.56 Å². The summed E-state index contributed by atoms with van der Waals surface area (Å²) in [4.78, 5) is 11.8. The van der Waals surface area contributed by atoms with Crippen LogP contribution in [0.25, 0.3) is 0 Å². The van der Waals surface area contributed by atoms with Gasteiger partial charge in [-0.2, -0.15) is 0 Å². The average Bonchev–Trinajstić information content (AvgIpc) is 2.53. The third kappa shape index (κ3) is 4.70. The Bertz CT molecular complexity index is 557. The van der Waals surface area contributed by atoms with E-state index in [1.165, 1.54) is 0 Å². The van der Waals surface area contributed by atoms with Crippen LogP contribution in [0, 0.1) is 0 Å². The van der Waals surface area contributed by atoms with Crippen LogP contribution in [-0.4, -0.2) is 28.8 Å². The number of aliphatic hydroxyl groups is 2. The second-order valence-electron chi connectivity index (χ2n) is 4.90. The van der Waals surface area contributed by atoms with Gasteiger partial charge in [0, 0.05) is 13.0 Å². The molecule has 1 amide bonds. The minimum absolute atomic E-state index is 0.109. The molecule has 0 aliphatic heterocycles. The maximum atomic E-state index is 11.8. The quantitative estimate of drug-likeness (QED) is 0.752. The molecule has 0 radical (unpaired) electrons. The highest BCUT2D eigenvalue weighted by molar-refractivity contribution is 5.81. The van der Waals surface area contributed by atoms with Gasteiger partial charge in [-0.05, 0) is 11.1 Å². The molecule has 0 bridgehead atoms. The predicted molar refractivity (Wildman–Crippen MR) is 80.6 cm³/mol. The fourth-order valence-electron chi connectivity index (χ4n) is 2.06. The average molecular weight is 285 g/mol. The zero-order chi connectivity index (χ0) is 15.1. The Morgan fingerprint density at radius 2 is 1.52 bits per heavy atom. The normalized spacial score (nSPS) is 13.4. The highest BCUT2D eigenvalue weighted by Crippen LogP contribution is 2.11. The van der Waals surface area contributed by atoms with Gasteiger partial charge >= 0.3 is 0 Å². The lowest BCUT2D eigenvalue weighted by Crippen LogP contribution is -2.36. The van der Waals surface area contributed by atoms with Crippen LogP contribution in [0.15, 0.2) is 60.7 Å². The van der Waals surface area contributed by atoms with Crippen molar-refractivity contribution >= 4 is 5.91 Å². The van der Waals surface area contributed by atoms with Gasteiger partial charge in [-0.3, -0.25) is 4.79 Å². The maximum Gasteiger partial charge on any atom is 0.253 e. The molecular formula is C17H19NO3. The summed E-state index contributed by atoms with van der Waals surface area (Å²) in [6.07, 6.45) is -1.43. The molecular weight excluding hydrogens is 266 g/mol. The molecule has 0 heterocycles. The molecule has 0 saturated heterocycles. The molecule has 2 aromatic rings. The van der Waals surface area contributed by atoms with Gasteiger partial charge in [-0.15, -0.1) is 0 Å². The van der Waals surface area contributed by atoms with Crippen molar-refractivity contribution in [3.05, 3.63) is 71.8 Å². The van der Waals surface area contributed by atoms with Crippen molar-refractivity contribution < 1.29 is 15.0 Å². The van der Waals surface area contributed by atoms with E-state index in [9.17, 15) is 15.0 Å². The number of benzene rings is 2. The van der Waals surface area contributed by atoms with Crippen molar-refractivity contribution in [2.24, 2.45) is 0 Å². The number of carbonyl (C=O) groups is 1. The summed E-state index contributed by atoms with van der Waals surface area (Å²) in [5, 5.41) is 22.4. The van der Waals surface area contributed by atoms with E-state index in [4.69, 9.17) is 0 Å². The van der Waals surface area contributed by atoms with Gasteiger partial charge < -0.3 is 15.5 Å². The van der Waals surface area contributed by atoms with Gasteiger partial charge in [0.25, 0.3) is 5.91 Å². The Morgan fingerprint density at radius 3 is 2.14 bits per heavy atom. The Kier molecular flexibility index (Phi) is 5.49. The van der Waals surface area contributed by atoms with Crippen molar-refractivity contribution in [3.63, 3.8) is 0 Å². The molecule has 110 valence electrons. The van der Waals surface area contributed by atoms with Crippen LogP contribution >= 0.6 is 0 Å². The summed E-state index contributed by atoms with van der Waals surface area (Å²) in [6, 6.07) is 18.3. The molecule has 0 fully saturated rings. The first-order chi connectivity index (χ1) is 10.2. The highest BCUT2D eigenvalue weighted by Gasteiger charge is 2.17. The van der Waals surface area contributed by atoms with Crippen molar-refractivity contribution in [3.8, 4) is 0 Å². The molecule has 0 aliphatic carbocycles. The third-order valence-electron chi connectivity index (χ3n) is 3.19. The van der Waals surface area contributed by atoms with Crippen LogP contribution in [0.5, 0.6) is 0 Å². The highest BCUT2D eigenvalue weighted by atomic mass is 16.3. The summed E-state index contributed by atoms with van der Waals surface area (Å²) in [5.41, 5.74) is 1.54. The molecule has 3 N–H and O–H groups in total. The fraction of sp³-hybridized carbons (Fsp3) is 0.235. The van der Waals surface area contributed by atoms with Gasteiger partial charge in [0.15, 0.2) is 6.10 Å².